The van der Waals surface area contributed by atoms with Gasteiger partial charge in [-0.25, -0.2) is 15.0 Å². The number of nitrogens with zero attached hydrogens (tertiary/aromatic N) is 3. The fraction of sp³-hybridized carbons (Fsp3) is 0.0167. The highest BCUT2D eigenvalue weighted by molar-refractivity contribution is 6.15. The molecule has 0 N–H and O–H groups in total. The number of ether oxygens (including phenoxy) is 1. The lowest BCUT2D eigenvalue weighted by molar-refractivity contribution is 0.436. The van der Waals surface area contributed by atoms with E-state index in [4.69, 9.17) is 24.1 Å². The highest BCUT2D eigenvalue weighted by Crippen LogP contribution is 2.63. The molecule has 0 amide bonds. The lowest BCUT2D eigenvalue weighted by Gasteiger charge is -2.39. The van der Waals surface area contributed by atoms with Crippen LogP contribution in [0, 0.1) is 0 Å². The Bertz CT molecular complexity index is 3890. The average Bonchev–Trinajstić information content (AvgIpc) is 3.89. The van der Waals surface area contributed by atoms with Gasteiger partial charge < -0.3 is 9.15 Å². The molecule has 0 atom stereocenters. The molecule has 0 saturated carbocycles. The van der Waals surface area contributed by atoms with Crippen molar-refractivity contribution >= 4 is 43.6 Å². The molecule has 1 aliphatic heterocycles. The summed E-state index contributed by atoms with van der Waals surface area (Å²) in [5.74, 6) is 2.38. The number of pyridine rings is 1. The van der Waals surface area contributed by atoms with Gasteiger partial charge in [0.25, 0.3) is 0 Å². The van der Waals surface area contributed by atoms with Gasteiger partial charge in [-0.05, 0) is 82.2 Å². The molecule has 0 saturated heterocycles. The Morgan fingerprint density at radius 1 is 0.354 bits per heavy atom. The van der Waals surface area contributed by atoms with E-state index in [1.807, 2.05) is 30.3 Å². The summed E-state index contributed by atoms with van der Waals surface area (Å²) in [5.41, 5.74) is 15.5. The third-order valence-electron chi connectivity index (χ3n) is 13.5. The maximum Gasteiger partial charge on any atom is 0.160 e. The van der Waals surface area contributed by atoms with Crippen molar-refractivity contribution in [3.8, 4) is 67.8 Å². The zero-order valence-electron chi connectivity index (χ0n) is 34.9. The summed E-state index contributed by atoms with van der Waals surface area (Å²) in [5, 5.41) is 5.38. The van der Waals surface area contributed by atoms with Crippen LogP contribution in [-0.2, 0) is 5.41 Å². The molecule has 5 nitrogen and oxygen atoms in total. The molecule has 2 aliphatic rings. The minimum atomic E-state index is -0.616. The second-order valence-corrected chi connectivity index (χ2v) is 17.0. The van der Waals surface area contributed by atoms with E-state index in [9.17, 15) is 0 Å². The van der Waals surface area contributed by atoms with E-state index in [1.165, 1.54) is 22.3 Å². The summed E-state index contributed by atoms with van der Waals surface area (Å²) in [7, 11) is 0. The minimum absolute atomic E-state index is 0.616. The van der Waals surface area contributed by atoms with Crippen molar-refractivity contribution in [1.29, 1.82) is 0 Å². The van der Waals surface area contributed by atoms with E-state index >= 15 is 0 Å². The van der Waals surface area contributed by atoms with Crippen LogP contribution < -0.4 is 4.74 Å². The zero-order chi connectivity index (χ0) is 42.6. The fourth-order valence-electron chi connectivity index (χ4n) is 10.7. The van der Waals surface area contributed by atoms with E-state index < -0.39 is 5.41 Å². The summed E-state index contributed by atoms with van der Waals surface area (Å²) >= 11 is 0. The van der Waals surface area contributed by atoms with Crippen molar-refractivity contribution in [2.45, 2.75) is 5.41 Å². The number of benzene rings is 9. The molecular formula is C60H35N3O2. The van der Waals surface area contributed by atoms with E-state index in [0.717, 1.165) is 106 Å². The molecule has 302 valence electrons. The zero-order valence-corrected chi connectivity index (χ0v) is 34.9. The lowest BCUT2D eigenvalue weighted by atomic mass is 9.66. The Kier molecular flexibility index (Phi) is 7.54. The number of aromatic nitrogens is 3. The standard InChI is InChI=1S/C60H35N3O2/c1-3-16-36(17-4-1)57-46-33-44-39-20-7-9-24-47(39)60(48-25-10-13-28-55(48)64-56-29-14-11-26-49(56)60)50(44)34-43(46)45-32-38(30-31-51(45)61-57)52-35-53(63-59(62-52)37-18-5-2-6-19-37)42-23-15-22-41-40-21-8-12-27-54(40)65-58(41)42/h1-35H. The molecule has 4 heterocycles. The van der Waals surface area contributed by atoms with Gasteiger partial charge in [0.05, 0.1) is 28.0 Å². The molecule has 0 bridgehead atoms. The Morgan fingerprint density at radius 2 is 1.00 bits per heavy atom. The third kappa shape index (κ3) is 5.18. The summed E-state index contributed by atoms with van der Waals surface area (Å²) in [6, 6.07) is 74.7. The Hall–Kier alpha value is -8.67. The number of para-hydroxylation sites is 4. The van der Waals surface area contributed by atoms with Gasteiger partial charge in [-0.2, -0.15) is 0 Å². The van der Waals surface area contributed by atoms with Crippen LogP contribution in [0.1, 0.15) is 22.3 Å². The first-order valence-electron chi connectivity index (χ1n) is 22.0. The summed E-state index contributed by atoms with van der Waals surface area (Å²) in [6.07, 6.45) is 0. The van der Waals surface area contributed by atoms with Crippen LogP contribution in [0.25, 0.3) is 99.9 Å². The predicted molar refractivity (Wildman–Crippen MR) is 261 cm³/mol. The number of furan rings is 1. The van der Waals surface area contributed by atoms with E-state index in [1.54, 1.807) is 0 Å². The predicted octanol–water partition coefficient (Wildman–Crippen LogP) is 15.2. The average molecular weight is 830 g/mol. The van der Waals surface area contributed by atoms with E-state index in [2.05, 4.69) is 182 Å². The maximum atomic E-state index is 6.69. The van der Waals surface area contributed by atoms with Crippen LogP contribution in [0.3, 0.4) is 0 Å². The largest absolute Gasteiger partial charge is 0.457 e. The van der Waals surface area contributed by atoms with E-state index in [-0.39, 0.29) is 0 Å². The Balaban J connectivity index is 1.06. The smallest absolute Gasteiger partial charge is 0.160 e. The summed E-state index contributed by atoms with van der Waals surface area (Å²) in [4.78, 5) is 16.0. The monoisotopic (exact) mass is 829 g/mol. The summed E-state index contributed by atoms with van der Waals surface area (Å²) < 4.78 is 13.2. The van der Waals surface area contributed by atoms with E-state index in [0.29, 0.717) is 5.82 Å². The van der Waals surface area contributed by atoms with Crippen molar-refractivity contribution < 1.29 is 9.15 Å². The van der Waals surface area contributed by atoms with Crippen LogP contribution in [0.2, 0.25) is 0 Å². The molecule has 65 heavy (non-hydrogen) atoms. The highest BCUT2D eigenvalue weighted by Gasteiger charge is 2.51. The molecule has 5 heteroatoms. The first-order valence-corrected chi connectivity index (χ1v) is 22.0. The number of hydrogen-bond donors (Lipinski definition) is 0. The SMILES string of the molecule is c1ccc(-c2nc(-c3ccc4nc(-c5ccccc5)c5cc6c(cc5c4c3)C3(c4ccccc4Oc4ccccc43)c3ccccc3-6)cc(-c3cccc4c3oc3ccccc34)n2)cc1. The van der Waals surface area contributed by atoms with Crippen LogP contribution in [-0.4, -0.2) is 15.0 Å². The molecule has 9 aromatic carbocycles. The number of rotatable bonds is 4. The molecule has 1 spiro atoms. The normalized spacial score (nSPS) is 13.2. The van der Waals surface area contributed by atoms with Crippen molar-refractivity contribution in [3.05, 3.63) is 235 Å². The first-order chi connectivity index (χ1) is 32.2. The quantitative estimate of drug-likeness (QED) is 0.165. The molecule has 0 radical (unpaired) electrons. The second-order valence-electron chi connectivity index (χ2n) is 17.0. The van der Waals surface area contributed by atoms with Gasteiger partial charge in [-0.15, -0.1) is 0 Å². The van der Waals surface area contributed by atoms with Crippen molar-refractivity contribution in [2.24, 2.45) is 0 Å². The maximum absolute atomic E-state index is 6.69. The van der Waals surface area contributed by atoms with Crippen LogP contribution in [0.4, 0.5) is 0 Å². The van der Waals surface area contributed by atoms with Gasteiger partial charge >= 0.3 is 0 Å². The van der Waals surface area contributed by atoms with Crippen LogP contribution in [0.15, 0.2) is 217 Å². The molecule has 3 aromatic heterocycles. The molecule has 14 rings (SSSR count). The fourth-order valence-corrected chi connectivity index (χ4v) is 10.7. The molecular weight excluding hydrogens is 795 g/mol. The van der Waals surface area contributed by atoms with Gasteiger partial charge in [0.15, 0.2) is 5.82 Å². The first kappa shape index (κ1) is 35.9. The summed E-state index contributed by atoms with van der Waals surface area (Å²) in [6.45, 7) is 0. The van der Waals surface area contributed by atoms with Gasteiger partial charge in [0.1, 0.15) is 22.7 Å². The van der Waals surface area contributed by atoms with Gasteiger partial charge in [0, 0.05) is 54.9 Å². The molecule has 1 aliphatic carbocycles. The molecule has 0 unspecified atom stereocenters. The highest BCUT2D eigenvalue weighted by atomic mass is 16.5. The number of fused-ring (bicyclic) bond motifs is 15. The van der Waals surface area contributed by atoms with Gasteiger partial charge in [-0.3, -0.25) is 0 Å². The number of hydrogen-bond acceptors (Lipinski definition) is 5. The molecule has 12 aromatic rings. The van der Waals surface area contributed by atoms with Crippen LogP contribution in [0.5, 0.6) is 11.5 Å². The third-order valence-corrected chi connectivity index (χ3v) is 13.5. The van der Waals surface area contributed by atoms with Crippen molar-refractivity contribution in [3.63, 3.8) is 0 Å². The lowest BCUT2D eigenvalue weighted by Crippen LogP contribution is -2.32. The topological polar surface area (TPSA) is 61.0 Å². The van der Waals surface area contributed by atoms with Gasteiger partial charge in [0.2, 0.25) is 0 Å². The minimum Gasteiger partial charge on any atom is -0.457 e. The Morgan fingerprint density at radius 3 is 1.80 bits per heavy atom. The van der Waals surface area contributed by atoms with Crippen LogP contribution >= 0.6 is 0 Å². The second kappa shape index (κ2) is 13.7. The molecule has 0 fully saturated rings. The van der Waals surface area contributed by atoms with Crippen molar-refractivity contribution in [1.82, 2.24) is 15.0 Å². The van der Waals surface area contributed by atoms with Gasteiger partial charge in [-0.1, -0.05) is 158 Å². The Labute approximate surface area is 373 Å². The van der Waals surface area contributed by atoms with Crippen molar-refractivity contribution in [2.75, 3.05) is 0 Å².